The van der Waals surface area contributed by atoms with Gasteiger partial charge in [0.2, 0.25) is 0 Å². The molecule has 0 saturated carbocycles. The van der Waals surface area contributed by atoms with E-state index in [1.165, 1.54) is 22.5 Å². The molecular formula is C28H27N3O. The molecule has 0 saturated heterocycles. The first-order valence-electron chi connectivity index (χ1n) is 11.0. The van der Waals surface area contributed by atoms with Gasteiger partial charge < -0.3 is 9.64 Å². The first-order chi connectivity index (χ1) is 15.4. The lowest BCUT2D eigenvalue weighted by molar-refractivity contribution is 0.0356. The molecule has 4 nitrogen and oxygen atoms in total. The van der Waals surface area contributed by atoms with Crippen LogP contribution >= 0.6 is 0 Å². The van der Waals surface area contributed by atoms with E-state index in [0.29, 0.717) is 12.2 Å². The van der Waals surface area contributed by atoms with Gasteiger partial charge in [-0.25, -0.2) is 10.1 Å². The molecule has 4 rings (SSSR count). The normalized spacial score (nSPS) is 18.8. The molecule has 0 spiro atoms. The number of nitriles is 1. The second kappa shape index (κ2) is 8.77. The predicted octanol–water partition coefficient (Wildman–Crippen LogP) is 6.87. The van der Waals surface area contributed by atoms with Crippen LogP contribution < -0.4 is 4.90 Å². The van der Waals surface area contributed by atoms with Crippen LogP contribution in [0.25, 0.3) is 10.9 Å². The van der Waals surface area contributed by atoms with Gasteiger partial charge in [-0.1, -0.05) is 29.8 Å². The van der Waals surface area contributed by atoms with Crippen LogP contribution in [0.5, 0.6) is 0 Å². The highest BCUT2D eigenvalue weighted by atomic mass is 16.5. The number of fused-ring (bicyclic) bond motifs is 1. The molecule has 2 aromatic rings. The van der Waals surface area contributed by atoms with Crippen molar-refractivity contribution in [2.45, 2.75) is 45.6 Å². The van der Waals surface area contributed by atoms with Crippen molar-refractivity contribution in [1.82, 2.24) is 0 Å². The second-order valence-electron chi connectivity index (χ2n) is 8.99. The Kier molecular flexibility index (Phi) is 5.89. The van der Waals surface area contributed by atoms with Gasteiger partial charge in [-0.2, -0.15) is 0 Å². The summed E-state index contributed by atoms with van der Waals surface area (Å²) < 4.78 is 6.08. The maximum absolute atomic E-state index is 9.26. The third-order valence-corrected chi connectivity index (χ3v) is 5.86. The van der Waals surface area contributed by atoms with E-state index >= 15 is 0 Å². The number of anilines is 2. The van der Waals surface area contributed by atoms with Crippen molar-refractivity contribution >= 4 is 17.5 Å². The summed E-state index contributed by atoms with van der Waals surface area (Å²) in [6.07, 6.45) is 8.52. The van der Waals surface area contributed by atoms with E-state index < -0.39 is 5.60 Å². The number of aryl methyl sites for hydroxylation is 2. The van der Waals surface area contributed by atoms with Gasteiger partial charge in [0.25, 0.3) is 5.70 Å². The van der Waals surface area contributed by atoms with Crippen LogP contribution in [-0.2, 0) is 11.2 Å². The van der Waals surface area contributed by atoms with Crippen LogP contribution in [0, 0.1) is 24.8 Å². The van der Waals surface area contributed by atoms with Gasteiger partial charge in [-0.15, -0.1) is 0 Å². The minimum absolute atomic E-state index is 0.136. The SMILES string of the molecule is [C-]#[N+]/C(C#N)=C1C=C(/C=C/c2ccc3c(c2)CCCN3c2ccc(C)cc2)OC(C)(C)C/1. The Morgan fingerprint density at radius 3 is 2.69 bits per heavy atom. The van der Waals surface area contributed by atoms with Gasteiger partial charge in [0.1, 0.15) is 11.4 Å². The monoisotopic (exact) mass is 421 g/mol. The fourth-order valence-corrected chi connectivity index (χ4v) is 4.36. The quantitative estimate of drug-likeness (QED) is 0.401. The summed E-state index contributed by atoms with van der Waals surface area (Å²) in [5.74, 6) is 0.673. The Hall–Kier alpha value is -3.76. The molecule has 0 unspecified atom stereocenters. The van der Waals surface area contributed by atoms with Crippen molar-refractivity contribution in [1.29, 1.82) is 5.26 Å². The highest BCUT2D eigenvalue weighted by molar-refractivity contribution is 5.70. The first kappa shape index (κ1) is 21.5. The summed E-state index contributed by atoms with van der Waals surface area (Å²) in [4.78, 5) is 5.77. The van der Waals surface area contributed by atoms with Crippen molar-refractivity contribution in [2.75, 3.05) is 11.4 Å². The van der Waals surface area contributed by atoms with Crippen LogP contribution in [0.4, 0.5) is 11.4 Å². The molecule has 0 amide bonds. The van der Waals surface area contributed by atoms with E-state index in [1.807, 2.05) is 38.1 Å². The number of hydrogen-bond donors (Lipinski definition) is 0. The van der Waals surface area contributed by atoms with Crippen LogP contribution in [-0.4, -0.2) is 12.1 Å². The van der Waals surface area contributed by atoms with E-state index in [4.69, 9.17) is 11.3 Å². The Labute approximate surface area is 190 Å². The van der Waals surface area contributed by atoms with Crippen LogP contribution in [0.3, 0.4) is 0 Å². The summed E-state index contributed by atoms with van der Waals surface area (Å²) in [7, 11) is 0. The number of hydrogen-bond acceptors (Lipinski definition) is 3. The van der Waals surface area contributed by atoms with Crippen molar-refractivity contribution < 1.29 is 4.74 Å². The van der Waals surface area contributed by atoms with E-state index in [1.54, 1.807) is 0 Å². The number of benzene rings is 2. The number of allylic oxidation sites excluding steroid dienone is 3. The smallest absolute Gasteiger partial charge is 0.265 e. The summed E-state index contributed by atoms with van der Waals surface area (Å²) >= 11 is 0. The van der Waals surface area contributed by atoms with Gasteiger partial charge in [0.05, 0.1) is 12.6 Å². The topological polar surface area (TPSA) is 40.6 Å². The lowest BCUT2D eigenvalue weighted by Gasteiger charge is -2.32. The van der Waals surface area contributed by atoms with Crippen molar-refractivity contribution in [3.05, 3.63) is 99.8 Å². The third-order valence-electron chi connectivity index (χ3n) is 5.86. The summed E-state index contributed by atoms with van der Waals surface area (Å²) in [5.41, 5.74) is 6.64. The highest BCUT2D eigenvalue weighted by Crippen LogP contribution is 2.35. The Morgan fingerprint density at radius 2 is 1.97 bits per heavy atom. The largest absolute Gasteiger partial charge is 0.488 e. The standard InChI is InChI=1S/C28H27N3O/c1-20-7-11-24(12-8-20)31-15-5-6-22-16-21(10-14-27(22)31)9-13-25-17-23(26(19-29)30-4)18-28(2,3)32-25/h7-14,16-17H,5-6,15,18H2,1-3H3/b13-9+,26-23-. The molecule has 32 heavy (non-hydrogen) atoms. The molecule has 160 valence electrons. The Morgan fingerprint density at radius 1 is 1.19 bits per heavy atom. The molecule has 0 aliphatic carbocycles. The zero-order valence-electron chi connectivity index (χ0n) is 18.9. The highest BCUT2D eigenvalue weighted by Gasteiger charge is 2.27. The van der Waals surface area contributed by atoms with E-state index in [2.05, 4.69) is 59.1 Å². The van der Waals surface area contributed by atoms with E-state index in [0.717, 1.165) is 30.5 Å². The average molecular weight is 422 g/mol. The molecule has 0 fully saturated rings. The summed E-state index contributed by atoms with van der Waals surface area (Å²) in [6, 6.07) is 17.3. The fraction of sp³-hybridized carbons (Fsp3) is 0.286. The minimum atomic E-state index is -0.457. The number of ether oxygens (including phenoxy) is 1. The molecule has 0 bridgehead atoms. The Balaban J connectivity index is 1.61. The maximum Gasteiger partial charge on any atom is 0.265 e. The molecule has 0 radical (unpaired) electrons. The third kappa shape index (κ3) is 4.61. The zero-order chi connectivity index (χ0) is 22.7. The number of nitrogens with zero attached hydrogens (tertiary/aromatic N) is 3. The molecular weight excluding hydrogens is 394 g/mol. The summed E-state index contributed by atoms with van der Waals surface area (Å²) in [6.45, 7) is 14.4. The second-order valence-corrected chi connectivity index (χ2v) is 8.99. The average Bonchev–Trinajstić information content (AvgIpc) is 2.77. The van der Waals surface area contributed by atoms with Gasteiger partial charge in [0, 0.05) is 24.3 Å². The fourth-order valence-electron chi connectivity index (χ4n) is 4.36. The van der Waals surface area contributed by atoms with Crippen molar-refractivity contribution in [2.24, 2.45) is 0 Å². The van der Waals surface area contributed by atoms with Gasteiger partial charge in [-0.05, 0) is 86.7 Å². The van der Waals surface area contributed by atoms with Gasteiger partial charge >= 0.3 is 0 Å². The van der Waals surface area contributed by atoms with Gasteiger partial charge in [-0.3, -0.25) is 0 Å². The maximum atomic E-state index is 9.26. The molecule has 0 atom stereocenters. The lowest BCUT2D eigenvalue weighted by Crippen LogP contribution is -2.27. The molecule has 0 aromatic heterocycles. The molecule has 4 heteroatoms. The molecule has 2 heterocycles. The van der Waals surface area contributed by atoms with Gasteiger partial charge in [0.15, 0.2) is 0 Å². The zero-order valence-corrected chi connectivity index (χ0v) is 18.9. The van der Waals surface area contributed by atoms with E-state index in [-0.39, 0.29) is 5.70 Å². The Bertz CT molecular complexity index is 1180. The minimum Gasteiger partial charge on any atom is -0.488 e. The molecule has 2 aliphatic heterocycles. The van der Waals surface area contributed by atoms with Crippen LogP contribution in [0.15, 0.2) is 71.6 Å². The summed E-state index contributed by atoms with van der Waals surface area (Å²) in [5, 5.41) is 9.26. The van der Waals surface area contributed by atoms with Crippen LogP contribution in [0.2, 0.25) is 0 Å². The first-order valence-corrected chi connectivity index (χ1v) is 11.0. The predicted molar refractivity (Wildman–Crippen MR) is 129 cm³/mol. The lowest BCUT2D eigenvalue weighted by atomic mass is 9.93. The number of rotatable bonds is 3. The molecule has 2 aliphatic rings. The van der Waals surface area contributed by atoms with Crippen LogP contribution in [0.1, 0.15) is 43.4 Å². The molecule has 0 N–H and O–H groups in total. The molecule has 2 aromatic carbocycles. The van der Waals surface area contributed by atoms with E-state index in [9.17, 15) is 5.26 Å². The van der Waals surface area contributed by atoms with Crippen molar-refractivity contribution in [3.8, 4) is 6.07 Å². The van der Waals surface area contributed by atoms with Crippen molar-refractivity contribution in [3.63, 3.8) is 0 Å².